The van der Waals surface area contributed by atoms with Crippen molar-refractivity contribution < 1.29 is 13.2 Å². The van der Waals surface area contributed by atoms with E-state index in [1.54, 1.807) is 16.4 Å². The summed E-state index contributed by atoms with van der Waals surface area (Å²) in [6.07, 6.45) is 0.272. The molecule has 1 aliphatic heterocycles. The third kappa shape index (κ3) is 4.36. The molecule has 0 amide bonds. The van der Waals surface area contributed by atoms with Crippen molar-refractivity contribution in [3.63, 3.8) is 0 Å². The molecule has 2 aromatic rings. The lowest BCUT2D eigenvalue weighted by atomic mass is 10.1. The molecule has 0 aliphatic carbocycles. The minimum atomic E-state index is -3.30. The summed E-state index contributed by atoms with van der Waals surface area (Å²) in [6.45, 7) is 1.15. The first-order valence-electron chi connectivity index (χ1n) is 7.93. The van der Waals surface area contributed by atoms with Crippen LogP contribution in [-0.2, 0) is 21.2 Å². The highest BCUT2D eigenvalue weighted by Crippen LogP contribution is 2.25. The largest absolute Gasteiger partial charge is 0.371 e. The predicted octanol–water partition coefficient (Wildman–Crippen LogP) is 3.29. The molecule has 1 saturated heterocycles. The molecule has 0 spiro atoms. The van der Waals surface area contributed by atoms with Crippen LogP contribution in [-0.4, -0.2) is 38.2 Å². The van der Waals surface area contributed by atoms with Crippen molar-refractivity contribution in [1.82, 2.24) is 4.31 Å². The first-order valence-corrected chi connectivity index (χ1v) is 9.92. The number of hydrogen-bond acceptors (Lipinski definition) is 3. The van der Waals surface area contributed by atoms with Crippen LogP contribution in [0.3, 0.4) is 0 Å². The third-order valence-corrected chi connectivity index (χ3v) is 6.25. The standard InChI is InChI=1S/C18H20ClNO3S/c19-17-8-6-16(7-9-17)18-14-20(11-12-23-18)24(21,22)13-10-15-4-2-1-3-5-15/h1-9,18H,10-14H2. The van der Waals surface area contributed by atoms with Gasteiger partial charge in [-0.3, -0.25) is 0 Å². The Balaban J connectivity index is 1.65. The average Bonchev–Trinajstić information content (AvgIpc) is 2.62. The van der Waals surface area contributed by atoms with Gasteiger partial charge in [0.25, 0.3) is 0 Å². The van der Waals surface area contributed by atoms with Gasteiger partial charge in [0.15, 0.2) is 0 Å². The molecule has 1 unspecified atom stereocenters. The molecule has 0 N–H and O–H groups in total. The first-order chi connectivity index (χ1) is 11.5. The number of nitrogens with zero attached hydrogens (tertiary/aromatic N) is 1. The molecule has 0 saturated carbocycles. The number of benzene rings is 2. The van der Waals surface area contributed by atoms with Crippen LogP contribution in [0.4, 0.5) is 0 Å². The van der Waals surface area contributed by atoms with Crippen LogP contribution in [0.1, 0.15) is 17.2 Å². The smallest absolute Gasteiger partial charge is 0.214 e. The zero-order valence-corrected chi connectivity index (χ0v) is 14.8. The first kappa shape index (κ1) is 17.4. The highest BCUT2D eigenvalue weighted by atomic mass is 35.5. The Labute approximate surface area is 148 Å². The van der Waals surface area contributed by atoms with Crippen LogP contribution in [0.15, 0.2) is 54.6 Å². The molecule has 0 aromatic heterocycles. The Hall–Kier alpha value is -1.40. The number of sulfonamides is 1. The lowest BCUT2D eigenvalue weighted by molar-refractivity contribution is -0.00253. The van der Waals surface area contributed by atoms with Crippen LogP contribution in [0.5, 0.6) is 0 Å². The molecule has 1 atom stereocenters. The van der Waals surface area contributed by atoms with Crippen LogP contribution >= 0.6 is 11.6 Å². The summed E-state index contributed by atoms with van der Waals surface area (Å²) in [5.74, 6) is 0.115. The molecule has 1 aliphatic rings. The van der Waals surface area contributed by atoms with Crippen LogP contribution in [0, 0.1) is 0 Å². The fraction of sp³-hybridized carbons (Fsp3) is 0.333. The Morgan fingerprint density at radius 1 is 1.08 bits per heavy atom. The second-order valence-electron chi connectivity index (χ2n) is 5.82. The maximum atomic E-state index is 12.6. The van der Waals surface area contributed by atoms with E-state index in [0.29, 0.717) is 31.1 Å². The summed E-state index contributed by atoms with van der Waals surface area (Å²) in [4.78, 5) is 0. The predicted molar refractivity (Wildman–Crippen MR) is 95.7 cm³/mol. The van der Waals surface area contributed by atoms with Gasteiger partial charge >= 0.3 is 0 Å². The third-order valence-electron chi connectivity index (χ3n) is 4.16. The van der Waals surface area contributed by atoms with Gasteiger partial charge in [-0.15, -0.1) is 0 Å². The van der Waals surface area contributed by atoms with Gasteiger partial charge in [0.1, 0.15) is 0 Å². The molecule has 24 heavy (non-hydrogen) atoms. The summed E-state index contributed by atoms with van der Waals surface area (Å²) in [5.41, 5.74) is 1.98. The molecule has 0 bridgehead atoms. The lowest BCUT2D eigenvalue weighted by Crippen LogP contribution is -2.43. The molecule has 2 aromatic carbocycles. The van der Waals surface area contributed by atoms with Gasteiger partial charge in [0.05, 0.1) is 18.5 Å². The number of ether oxygens (including phenoxy) is 1. The van der Waals surface area contributed by atoms with Gasteiger partial charge in [0, 0.05) is 18.1 Å². The monoisotopic (exact) mass is 365 g/mol. The van der Waals surface area contributed by atoms with Crippen LogP contribution < -0.4 is 0 Å². The second kappa shape index (κ2) is 7.66. The molecule has 0 radical (unpaired) electrons. The molecule has 1 fully saturated rings. The SMILES string of the molecule is O=S(=O)(CCc1ccccc1)N1CCOC(c2ccc(Cl)cc2)C1. The molecule has 1 heterocycles. The Kier molecular flexibility index (Phi) is 5.56. The van der Waals surface area contributed by atoms with Crippen molar-refractivity contribution in [2.75, 3.05) is 25.4 Å². The molecular weight excluding hydrogens is 346 g/mol. The number of halogens is 1. The molecule has 6 heteroatoms. The minimum Gasteiger partial charge on any atom is -0.371 e. The van der Waals surface area contributed by atoms with Gasteiger partial charge in [-0.1, -0.05) is 54.1 Å². The van der Waals surface area contributed by atoms with Crippen molar-refractivity contribution in [2.24, 2.45) is 0 Å². The van der Waals surface area contributed by atoms with E-state index in [9.17, 15) is 8.42 Å². The van der Waals surface area contributed by atoms with Gasteiger partial charge in [-0.25, -0.2) is 8.42 Å². The van der Waals surface area contributed by atoms with Gasteiger partial charge < -0.3 is 4.74 Å². The van der Waals surface area contributed by atoms with E-state index >= 15 is 0 Å². The van der Waals surface area contributed by atoms with E-state index in [0.717, 1.165) is 11.1 Å². The molecular formula is C18H20ClNO3S. The van der Waals surface area contributed by atoms with Crippen LogP contribution in [0.25, 0.3) is 0 Å². The van der Waals surface area contributed by atoms with Crippen molar-refractivity contribution in [3.05, 3.63) is 70.7 Å². The Bertz CT molecular complexity index is 763. The number of hydrogen-bond donors (Lipinski definition) is 0. The number of morpholine rings is 1. The zero-order chi connectivity index (χ0) is 17.0. The average molecular weight is 366 g/mol. The fourth-order valence-electron chi connectivity index (χ4n) is 2.78. The number of aryl methyl sites for hydroxylation is 1. The van der Waals surface area contributed by atoms with Crippen LogP contribution in [0.2, 0.25) is 5.02 Å². The van der Waals surface area contributed by atoms with E-state index in [-0.39, 0.29) is 11.9 Å². The summed E-state index contributed by atoms with van der Waals surface area (Å²) < 4.78 is 32.6. The summed E-state index contributed by atoms with van der Waals surface area (Å²) >= 11 is 5.90. The van der Waals surface area contributed by atoms with Crippen molar-refractivity contribution in [3.8, 4) is 0 Å². The molecule has 128 valence electrons. The quantitative estimate of drug-likeness (QED) is 0.816. The fourth-order valence-corrected chi connectivity index (χ4v) is 4.37. The van der Waals surface area contributed by atoms with E-state index < -0.39 is 10.0 Å². The van der Waals surface area contributed by atoms with E-state index in [4.69, 9.17) is 16.3 Å². The summed E-state index contributed by atoms with van der Waals surface area (Å²) in [7, 11) is -3.30. The summed E-state index contributed by atoms with van der Waals surface area (Å²) in [5, 5.41) is 0.655. The Morgan fingerprint density at radius 2 is 1.79 bits per heavy atom. The van der Waals surface area contributed by atoms with E-state index in [1.165, 1.54) is 0 Å². The topological polar surface area (TPSA) is 46.6 Å². The van der Waals surface area contributed by atoms with Crippen molar-refractivity contribution in [2.45, 2.75) is 12.5 Å². The Morgan fingerprint density at radius 3 is 2.50 bits per heavy atom. The molecule has 3 rings (SSSR count). The number of rotatable bonds is 5. The van der Waals surface area contributed by atoms with E-state index in [2.05, 4.69) is 0 Å². The highest BCUT2D eigenvalue weighted by molar-refractivity contribution is 7.89. The zero-order valence-electron chi connectivity index (χ0n) is 13.3. The van der Waals surface area contributed by atoms with Crippen molar-refractivity contribution >= 4 is 21.6 Å². The molecule has 4 nitrogen and oxygen atoms in total. The maximum Gasteiger partial charge on any atom is 0.214 e. The maximum absolute atomic E-state index is 12.6. The van der Waals surface area contributed by atoms with E-state index in [1.807, 2.05) is 42.5 Å². The second-order valence-corrected chi connectivity index (χ2v) is 8.35. The highest BCUT2D eigenvalue weighted by Gasteiger charge is 2.29. The normalized spacial score (nSPS) is 19.3. The van der Waals surface area contributed by atoms with Gasteiger partial charge in [0.2, 0.25) is 10.0 Å². The summed E-state index contributed by atoms with van der Waals surface area (Å²) in [6, 6.07) is 17.0. The van der Waals surface area contributed by atoms with Gasteiger partial charge in [-0.2, -0.15) is 4.31 Å². The van der Waals surface area contributed by atoms with Crippen molar-refractivity contribution in [1.29, 1.82) is 0 Å². The minimum absolute atomic E-state index is 0.115. The lowest BCUT2D eigenvalue weighted by Gasteiger charge is -2.32. The van der Waals surface area contributed by atoms with Gasteiger partial charge in [-0.05, 0) is 29.7 Å².